The van der Waals surface area contributed by atoms with E-state index < -0.39 is 0 Å². The monoisotopic (exact) mass is 191 g/mol. The molecule has 1 heterocycles. The molecule has 74 valence electrons. The molecule has 0 aromatic carbocycles. The summed E-state index contributed by atoms with van der Waals surface area (Å²) < 4.78 is 0. The molecule has 2 N–H and O–H groups in total. The highest BCUT2D eigenvalue weighted by Crippen LogP contribution is 1.94. The average molecular weight is 191 g/mol. The second-order valence-corrected chi connectivity index (χ2v) is 2.68. The van der Waals surface area contributed by atoms with E-state index >= 15 is 0 Å². The maximum absolute atomic E-state index is 11.1. The van der Waals surface area contributed by atoms with E-state index in [1.165, 1.54) is 0 Å². The van der Waals surface area contributed by atoms with Crippen LogP contribution in [0, 0.1) is 0 Å². The number of hydrogen-bond donors (Lipinski definition) is 2. The predicted molar refractivity (Wildman–Crippen MR) is 54.4 cm³/mol. The van der Waals surface area contributed by atoms with E-state index in [9.17, 15) is 4.79 Å². The smallest absolute Gasteiger partial charge is 0.319 e. The van der Waals surface area contributed by atoms with E-state index in [2.05, 4.69) is 15.6 Å². The minimum absolute atomic E-state index is 0.208. The van der Waals surface area contributed by atoms with Gasteiger partial charge in [-0.25, -0.2) is 4.79 Å². The summed E-state index contributed by atoms with van der Waals surface area (Å²) in [5.41, 5.74) is 1.02. The second kappa shape index (κ2) is 5.75. The number of nitrogens with zero attached hydrogens (tertiary/aromatic N) is 1. The van der Waals surface area contributed by atoms with Crippen LogP contribution in [0.1, 0.15) is 12.5 Å². The van der Waals surface area contributed by atoms with Crippen LogP contribution >= 0.6 is 0 Å². The lowest BCUT2D eigenvalue weighted by atomic mass is 10.3. The summed E-state index contributed by atoms with van der Waals surface area (Å²) in [6, 6.07) is 3.51. The van der Waals surface area contributed by atoms with Crippen molar-refractivity contribution in [3.8, 4) is 0 Å². The minimum atomic E-state index is -0.208. The third kappa shape index (κ3) is 3.71. The van der Waals surface area contributed by atoms with Crippen LogP contribution in [-0.2, 0) is 6.54 Å². The number of urea groups is 1. The summed E-state index contributed by atoms with van der Waals surface area (Å²) in [5, 5.41) is 5.26. The average Bonchev–Trinajstić information content (AvgIpc) is 2.25. The number of rotatable bonds is 3. The summed E-state index contributed by atoms with van der Waals surface area (Å²) in [7, 11) is 0. The molecule has 0 aliphatic carbocycles. The fraction of sp³-hybridized carbons (Fsp3) is 0.200. The predicted octanol–water partition coefficient (Wildman–Crippen LogP) is 1.41. The molecule has 0 aliphatic heterocycles. The number of allylic oxidation sites excluding steroid dienone is 1. The van der Waals surface area contributed by atoms with Crippen LogP contribution in [0.2, 0.25) is 0 Å². The highest BCUT2D eigenvalue weighted by Gasteiger charge is 1.96. The van der Waals surface area contributed by atoms with Crippen molar-refractivity contribution in [3.63, 3.8) is 0 Å². The van der Waals surface area contributed by atoms with Gasteiger partial charge >= 0.3 is 6.03 Å². The lowest BCUT2D eigenvalue weighted by Crippen LogP contribution is -2.31. The lowest BCUT2D eigenvalue weighted by molar-refractivity contribution is 0.243. The van der Waals surface area contributed by atoms with Gasteiger partial charge < -0.3 is 10.6 Å². The first-order valence-electron chi connectivity index (χ1n) is 4.37. The van der Waals surface area contributed by atoms with Crippen molar-refractivity contribution < 1.29 is 4.79 Å². The largest absolute Gasteiger partial charge is 0.334 e. The Kier molecular flexibility index (Phi) is 4.20. The summed E-state index contributed by atoms with van der Waals surface area (Å²) in [6.07, 6.45) is 6.73. The van der Waals surface area contributed by atoms with Crippen LogP contribution in [0.25, 0.3) is 0 Å². The van der Waals surface area contributed by atoms with Crippen LogP contribution in [0.3, 0.4) is 0 Å². The lowest BCUT2D eigenvalue weighted by Gasteiger charge is -2.03. The summed E-state index contributed by atoms with van der Waals surface area (Å²) in [5.74, 6) is 0. The van der Waals surface area contributed by atoms with Crippen molar-refractivity contribution in [2.75, 3.05) is 0 Å². The molecule has 0 unspecified atom stereocenters. The Morgan fingerprint density at radius 3 is 2.86 bits per heavy atom. The molecule has 0 bridgehead atoms. The summed E-state index contributed by atoms with van der Waals surface area (Å²) in [4.78, 5) is 15.0. The van der Waals surface area contributed by atoms with E-state index in [0.29, 0.717) is 6.54 Å². The van der Waals surface area contributed by atoms with E-state index in [4.69, 9.17) is 0 Å². The van der Waals surface area contributed by atoms with Gasteiger partial charge in [-0.1, -0.05) is 6.08 Å². The summed E-state index contributed by atoms with van der Waals surface area (Å²) >= 11 is 0. The van der Waals surface area contributed by atoms with Crippen molar-refractivity contribution in [2.45, 2.75) is 13.5 Å². The van der Waals surface area contributed by atoms with Crippen molar-refractivity contribution in [2.24, 2.45) is 0 Å². The van der Waals surface area contributed by atoms with Gasteiger partial charge in [0.05, 0.1) is 0 Å². The van der Waals surface area contributed by atoms with Crippen LogP contribution in [0.4, 0.5) is 4.79 Å². The molecule has 4 nitrogen and oxygen atoms in total. The van der Waals surface area contributed by atoms with Gasteiger partial charge in [0, 0.05) is 25.1 Å². The molecular weight excluding hydrogens is 178 g/mol. The molecule has 0 spiro atoms. The molecule has 1 aromatic heterocycles. The Bertz CT molecular complexity index is 308. The first kappa shape index (κ1) is 10.2. The van der Waals surface area contributed by atoms with Gasteiger partial charge in [0.2, 0.25) is 0 Å². The van der Waals surface area contributed by atoms with E-state index in [-0.39, 0.29) is 6.03 Å². The zero-order valence-electron chi connectivity index (χ0n) is 8.03. The second-order valence-electron chi connectivity index (χ2n) is 2.68. The Balaban J connectivity index is 2.31. The zero-order chi connectivity index (χ0) is 10.2. The molecule has 1 aromatic rings. The number of amides is 2. The van der Waals surface area contributed by atoms with Crippen molar-refractivity contribution >= 4 is 6.03 Å². The molecule has 0 saturated carbocycles. The van der Waals surface area contributed by atoms with Crippen LogP contribution in [0.15, 0.2) is 36.8 Å². The molecule has 4 heteroatoms. The molecule has 0 radical (unpaired) electrons. The molecule has 0 atom stereocenters. The van der Waals surface area contributed by atoms with Gasteiger partial charge in [-0.3, -0.25) is 4.98 Å². The maximum Gasteiger partial charge on any atom is 0.319 e. The van der Waals surface area contributed by atoms with E-state index in [0.717, 1.165) is 5.56 Å². The topological polar surface area (TPSA) is 54.0 Å². The standard InChI is InChI=1S/C10H13N3O/c1-2-5-12-10(14)13-8-9-3-6-11-7-4-9/h2-7H,8H2,1H3,(H2,12,13,14)/b5-2+. The SMILES string of the molecule is C/C=C/NC(=O)NCc1ccncc1. The van der Waals surface area contributed by atoms with Crippen molar-refractivity contribution in [1.82, 2.24) is 15.6 Å². The van der Waals surface area contributed by atoms with Gasteiger partial charge in [-0.15, -0.1) is 0 Å². The molecule has 2 amide bonds. The first-order chi connectivity index (χ1) is 6.83. The van der Waals surface area contributed by atoms with Crippen LogP contribution in [-0.4, -0.2) is 11.0 Å². The highest BCUT2D eigenvalue weighted by molar-refractivity contribution is 5.74. The van der Waals surface area contributed by atoms with E-state index in [1.807, 2.05) is 19.1 Å². The number of aromatic nitrogens is 1. The molecular formula is C10H13N3O. The zero-order valence-corrected chi connectivity index (χ0v) is 8.03. The summed E-state index contributed by atoms with van der Waals surface area (Å²) in [6.45, 7) is 2.34. The van der Waals surface area contributed by atoms with Crippen molar-refractivity contribution in [1.29, 1.82) is 0 Å². The van der Waals surface area contributed by atoms with E-state index in [1.54, 1.807) is 24.7 Å². The van der Waals surface area contributed by atoms with Crippen molar-refractivity contribution in [3.05, 3.63) is 42.4 Å². The minimum Gasteiger partial charge on any atom is -0.334 e. The maximum atomic E-state index is 11.1. The highest BCUT2D eigenvalue weighted by atomic mass is 16.2. The molecule has 14 heavy (non-hydrogen) atoms. The Morgan fingerprint density at radius 1 is 1.50 bits per heavy atom. The Morgan fingerprint density at radius 2 is 2.21 bits per heavy atom. The Hall–Kier alpha value is -1.84. The molecule has 1 rings (SSSR count). The number of pyridine rings is 1. The first-order valence-corrected chi connectivity index (χ1v) is 4.37. The number of hydrogen-bond acceptors (Lipinski definition) is 2. The third-order valence-electron chi connectivity index (χ3n) is 1.58. The Labute approximate surface area is 83.0 Å². The molecule has 0 aliphatic rings. The number of nitrogens with one attached hydrogen (secondary N) is 2. The fourth-order valence-electron chi connectivity index (χ4n) is 0.893. The van der Waals surface area contributed by atoms with Gasteiger partial charge in [-0.05, 0) is 24.6 Å². The molecule has 0 fully saturated rings. The van der Waals surface area contributed by atoms with Gasteiger partial charge in [0.15, 0.2) is 0 Å². The third-order valence-corrected chi connectivity index (χ3v) is 1.58. The normalized spacial score (nSPS) is 10.1. The number of carbonyl (C=O) groups is 1. The van der Waals surface area contributed by atoms with Gasteiger partial charge in [0.1, 0.15) is 0 Å². The van der Waals surface area contributed by atoms with Crippen LogP contribution in [0.5, 0.6) is 0 Å². The fourth-order valence-corrected chi connectivity index (χ4v) is 0.893. The number of carbonyl (C=O) groups excluding carboxylic acids is 1. The van der Waals surface area contributed by atoms with Gasteiger partial charge in [-0.2, -0.15) is 0 Å². The quantitative estimate of drug-likeness (QED) is 0.759. The molecule has 0 saturated heterocycles. The van der Waals surface area contributed by atoms with Gasteiger partial charge in [0.25, 0.3) is 0 Å². The van der Waals surface area contributed by atoms with Crippen LogP contribution < -0.4 is 10.6 Å².